The smallest absolute Gasteiger partial charge is 0.128 e. The van der Waals surface area contributed by atoms with Crippen LogP contribution in [-0.4, -0.2) is 19.1 Å². The molecule has 1 atom stereocenters. The van der Waals surface area contributed by atoms with Crippen molar-refractivity contribution < 1.29 is 4.39 Å². The third-order valence-corrected chi connectivity index (χ3v) is 3.65. The lowest BCUT2D eigenvalue weighted by atomic mass is 10.1. The van der Waals surface area contributed by atoms with Crippen molar-refractivity contribution in [2.75, 3.05) is 18.0 Å². The van der Waals surface area contributed by atoms with Crippen molar-refractivity contribution in [3.8, 4) is 0 Å². The molecule has 0 amide bonds. The summed E-state index contributed by atoms with van der Waals surface area (Å²) in [5, 5.41) is 0. The SMILES string of the molecule is CCC1CCCN1c1cccc(F)c1CCN. The van der Waals surface area contributed by atoms with E-state index in [0.29, 0.717) is 19.0 Å². The molecule has 0 radical (unpaired) electrons. The summed E-state index contributed by atoms with van der Waals surface area (Å²) in [5.74, 6) is -0.116. The average Bonchev–Trinajstić information content (AvgIpc) is 2.80. The Morgan fingerprint density at radius 3 is 3.00 bits per heavy atom. The molecule has 1 aliphatic heterocycles. The third-order valence-electron chi connectivity index (χ3n) is 3.65. The molecule has 17 heavy (non-hydrogen) atoms. The Morgan fingerprint density at radius 2 is 2.29 bits per heavy atom. The van der Waals surface area contributed by atoms with Gasteiger partial charge in [0.2, 0.25) is 0 Å². The summed E-state index contributed by atoms with van der Waals surface area (Å²) < 4.78 is 13.8. The maximum Gasteiger partial charge on any atom is 0.128 e. The van der Waals surface area contributed by atoms with Crippen molar-refractivity contribution in [1.29, 1.82) is 0 Å². The number of nitrogens with zero attached hydrogens (tertiary/aromatic N) is 1. The van der Waals surface area contributed by atoms with Crippen molar-refractivity contribution in [2.45, 2.75) is 38.6 Å². The Hall–Kier alpha value is -1.09. The molecule has 0 spiro atoms. The van der Waals surface area contributed by atoms with Gasteiger partial charge in [-0.2, -0.15) is 0 Å². The zero-order valence-electron chi connectivity index (χ0n) is 10.5. The highest BCUT2D eigenvalue weighted by atomic mass is 19.1. The van der Waals surface area contributed by atoms with Gasteiger partial charge in [-0.05, 0) is 44.4 Å². The molecule has 94 valence electrons. The summed E-state index contributed by atoms with van der Waals surface area (Å²) in [6.07, 6.45) is 4.17. The fraction of sp³-hybridized carbons (Fsp3) is 0.571. The van der Waals surface area contributed by atoms with Gasteiger partial charge in [-0.15, -0.1) is 0 Å². The van der Waals surface area contributed by atoms with Crippen LogP contribution < -0.4 is 10.6 Å². The highest BCUT2D eigenvalue weighted by Gasteiger charge is 2.25. The van der Waals surface area contributed by atoms with Crippen molar-refractivity contribution in [3.63, 3.8) is 0 Å². The van der Waals surface area contributed by atoms with E-state index >= 15 is 0 Å². The zero-order chi connectivity index (χ0) is 12.3. The van der Waals surface area contributed by atoms with E-state index < -0.39 is 0 Å². The molecule has 2 rings (SSSR count). The van der Waals surface area contributed by atoms with Crippen LogP contribution in [0.15, 0.2) is 18.2 Å². The fourth-order valence-corrected chi connectivity index (χ4v) is 2.79. The van der Waals surface area contributed by atoms with Gasteiger partial charge in [0.1, 0.15) is 5.82 Å². The lowest BCUT2D eigenvalue weighted by Gasteiger charge is -2.28. The van der Waals surface area contributed by atoms with E-state index in [1.807, 2.05) is 6.07 Å². The maximum absolute atomic E-state index is 13.8. The minimum absolute atomic E-state index is 0.116. The summed E-state index contributed by atoms with van der Waals surface area (Å²) in [6.45, 7) is 3.74. The summed E-state index contributed by atoms with van der Waals surface area (Å²) in [6, 6.07) is 5.93. The van der Waals surface area contributed by atoms with Crippen molar-refractivity contribution >= 4 is 5.69 Å². The number of anilines is 1. The van der Waals surface area contributed by atoms with Gasteiger partial charge in [0.15, 0.2) is 0 Å². The second-order valence-electron chi connectivity index (χ2n) is 4.67. The molecule has 0 saturated carbocycles. The lowest BCUT2D eigenvalue weighted by molar-refractivity contribution is 0.601. The quantitative estimate of drug-likeness (QED) is 0.871. The molecular formula is C14H21FN2. The van der Waals surface area contributed by atoms with Gasteiger partial charge in [-0.25, -0.2) is 4.39 Å². The topological polar surface area (TPSA) is 29.3 Å². The number of nitrogens with two attached hydrogens (primary N) is 1. The second kappa shape index (κ2) is 5.50. The minimum Gasteiger partial charge on any atom is -0.368 e. The van der Waals surface area contributed by atoms with Gasteiger partial charge in [-0.3, -0.25) is 0 Å². The molecule has 1 aliphatic rings. The molecule has 1 aromatic carbocycles. The molecule has 0 aliphatic carbocycles. The Labute approximate surface area is 103 Å². The van der Waals surface area contributed by atoms with Crippen LogP contribution in [-0.2, 0) is 6.42 Å². The Morgan fingerprint density at radius 1 is 1.47 bits per heavy atom. The van der Waals surface area contributed by atoms with E-state index in [9.17, 15) is 4.39 Å². The van der Waals surface area contributed by atoms with E-state index in [1.165, 1.54) is 18.9 Å². The monoisotopic (exact) mass is 236 g/mol. The van der Waals surface area contributed by atoms with Crippen LogP contribution in [0.25, 0.3) is 0 Å². The molecule has 2 N–H and O–H groups in total. The first kappa shape index (κ1) is 12.4. The molecular weight excluding hydrogens is 215 g/mol. The minimum atomic E-state index is -0.116. The van der Waals surface area contributed by atoms with E-state index in [-0.39, 0.29) is 5.82 Å². The molecule has 1 heterocycles. The van der Waals surface area contributed by atoms with Crippen LogP contribution >= 0.6 is 0 Å². The standard InChI is InChI=1S/C14H21FN2/c1-2-11-5-4-10-17(11)14-7-3-6-13(15)12(14)8-9-16/h3,6-7,11H,2,4-5,8-10,16H2,1H3. The van der Waals surface area contributed by atoms with Gasteiger partial charge < -0.3 is 10.6 Å². The normalized spacial score (nSPS) is 19.9. The number of halogens is 1. The van der Waals surface area contributed by atoms with Crippen LogP contribution in [0, 0.1) is 5.82 Å². The van der Waals surface area contributed by atoms with Crippen molar-refractivity contribution in [1.82, 2.24) is 0 Å². The van der Waals surface area contributed by atoms with Gasteiger partial charge in [0.05, 0.1) is 0 Å². The summed E-state index contributed by atoms with van der Waals surface area (Å²) in [7, 11) is 0. The summed E-state index contributed by atoms with van der Waals surface area (Å²) >= 11 is 0. The molecule has 1 aromatic rings. The number of rotatable bonds is 4. The van der Waals surface area contributed by atoms with Crippen LogP contribution in [0.2, 0.25) is 0 Å². The summed E-state index contributed by atoms with van der Waals surface area (Å²) in [5.41, 5.74) is 7.42. The van der Waals surface area contributed by atoms with Crippen molar-refractivity contribution in [3.05, 3.63) is 29.6 Å². The van der Waals surface area contributed by atoms with E-state index in [2.05, 4.69) is 11.8 Å². The van der Waals surface area contributed by atoms with Crippen LogP contribution in [0.4, 0.5) is 10.1 Å². The van der Waals surface area contributed by atoms with Gasteiger partial charge in [0.25, 0.3) is 0 Å². The number of hydrogen-bond acceptors (Lipinski definition) is 2. The molecule has 0 aromatic heterocycles. The lowest BCUT2D eigenvalue weighted by Crippen LogP contribution is -2.30. The van der Waals surface area contributed by atoms with Crippen LogP contribution in [0.3, 0.4) is 0 Å². The third kappa shape index (κ3) is 2.44. The van der Waals surface area contributed by atoms with Gasteiger partial charge in [0, 0.05) is 23.8 Å². The van der Waals surface area contributed by atoms with E-state index in [0.717, 1.165) is 24.2 Å². The Kier molecular flexibility index (Phi) is 4.00. The first-order chi connectivity index (χ1) is 8.27. The van der Waals surface area contributed by atoms with Crippen LogP contribution in [0.1, 0.15) is 31.7 Å². The largest absolute Gasteiger partial charge is 0.368 e. The molecule has 2 nitrogen and oxygen atoms in total. The molecule has 1 saturated heterocycles. The molecule has 3 heteroatoms. The molecule has 1 unspecified atom stereocenters. The Bertz CT molecular complexity index is 378. The predicted octanol–water partition coefficient (Wildman–Crippen LogP) is 2.71. The fourth-order valence-electron chi connectivity index (χ4n) is 2.79. The molecule has 1 fully saturated rings. The first-order valence-corrected chi connectivity index (χ1v) is 6.52. The van der Waals surface area contributed by atoms with Gasteiger partial charge in [-0.1, -0.05) is 13.0 Å². The maximum atomic E-state index is 13.8. The zero-order valence-corrected chi connectivity index (χ0v) is 10.5. The molecule has 0 bridgehead atoms. The predicted molar refractivity (Wildman–Crippen MR) is 69.8 cm³/mol. The van der Waals surface area contributed by atoms with Crippen LogP contribution in [0.5, 0.6) is 0 Å². The van der Waals surface area contributed by atoms with E-state index in [1.54, 1.807) is 6.07 Å². The second-order valence-corrected chi connectivity index (χ2v) is 4.67. The highest BCUT2D eigenvalue weighted by molar-refractivity contribution is 5.56. The van der Waals surface area contributed by atoms with Crippen molar-refractivity contribution in [2.24, 2.45) is 5.73 Å². The number of benzene rings is 1. The Balaban J connectivity index is 2.33. The first-order valence-electron chi connectivity index (χ1n) is 6.52. The highest BCUT2D eigenvalue weighted by Crippen LogP contribution is 2.31. The number of hydrogen-bond donors (Lipinski definition) is 1. The van der Waals surface area contributed by atoms with Gasteiger partial charge >= 0.3 is 0 Å². The summed E-state index contributed by atoms with van der Waals surface area (Å²) in [4.78, 5) is 2.36. The van der Waals surface area contributed by atoms with E-state index in [4.69, 9.17) is 5.73 Å². The average molecular weight is 236 g/mol.